The first kappa shape index (κ1) is 29.5. The molecular formula is C27H27ClF3N7O4. The predicted octanol–water partition coefficient (Wildman–Crippen LogP) is 2.95. The second kappa shape index (κ2) is 12.1. The predicted molar refractivity (Wildman–Crippen MR) is 145 cm³/mol. The molecule has 4 aromatic rings. The fourth-order valence-corrected chi connectivity index (χ4v) is 4.89. The van der Waals surface area contributed by atoms with Crippen molar-refractivity contribution in [1.29, 1.82) is 0 Å². The van der Waals surface area contributed by atoms with Gasteiger partial charge in [0.15, 0.2) is 17.8 Å². The van der Waals surface area contributed by atoms with Gasteiger partial charge in [0, 0.05) is 16.6 Å². The number of hydrogen-bond donors (Lipinski definition) is 3. The molecule has 1 fully saturated rings. The van der Waals surface area contributed by atoms with E-state index in [1.165, 1.54) is 35.3 Å². The summed E-state index contributed by atoms with van der Waals surface area (Å²) in [6.07, 6.45) is -4.17. The molecule has 1 atom stereocenters. The lowest BCUT2D eigenvalue weighted by atomic mass is 9.93. The van der Waals surface area contributed by atoms with Crippen molar-refractivity contribution >= 4 is 17.5 Å². The Morgan fingerprint density at radius 3 is 2.45 bits per heavy atom. The minimum absolute atomic E-state index is 0.0621. The number of carbonyl (C=O) groups excluding carboxylic acids is 1. The van der Waals surface area contributed by atoms with E-state index in [0.717, 1.165) is 9.25 Å². The summed E-state index contributed by atoms with van der Waals surface area (Å²) >= 11 is 5.93. The second-order valence-electron chi connectivity index (χ2n) is 10.0. The largest absolute Gasteiger partial charge is 0.416 e. The van der Waals surface area contributed by atoms with Gasteiger partial charge in [-0.3, -0.25) is 9.36 Å². The van der Waals surface area contributed by atoms with Crippen molar-refractivity contribution in [3.8, 4) is 17.1 Å². The topological polar surface area (TPSA) is 140 Å². The van der Waals surface area contributed by atoms with Crippen molar-refractivity contribution in [2.75, 3.05) is 0 Å². The van der Waals surface area contributed by atoms with Crippen LogP contribution in [-0.2, 0) is 13.1 Å². The summed E-state index contributed by atoms with van der Waals surface area (Å²) in [5.41, 5.74) is 0.179. The molecule has 0 bridgehead atoms. The van der Waals surface area contributed by atoms with Gasteiger partial charge in [-0.2, -0.15) is 13.2 Å². The molecule has 0 saturated heterocycles. The normalized spacial score (nSPS) is 18.1. The van der Waals surface area contributed by atoms with Crippen molar-refractivity contribution in [3.05, 3.63) is 81.8 Å². The quantitative estimate of drug-likeness (QED) is 0.281. The average molecular weight is 606 g/mol. The number of carbonyl (C=O) groups is 1. The highest BCUT2D eigenvalue weighted by Gasteiger charge is 2.39. The third-order valence-corrected chi connectivity index (χ3v) is 7.27. The van der Waals surface area contributed by atoms with Crippen LogP contribution in [0.3, 0.4) is 0 Å². The van der Waals surface area contributed by atoms with Gasteiger partial charge >= 0.3 is 11.9 Å². The lowest BCUT2D eigenvalue weighted by Crippen LogP contribution is -2.38. The smallest absolute Gasteiger partial charge is 0.393 e. The first-order chi connectivity index (χ1) is 20.0. The molecule has 3 N–H and O–H groups in total. The van der Waals surface area contributed by atoms with E-state index in [9.17, 15) is 33.0 Å². The highest BCUT2D eigenvalue weighted by Crippen LogP contribution is 2.24. The third-order valence-electron chi connectivity index (χ3n) is 7.02. The van der Waals surface area contributed by atoms with E-state index < -0.39 is 24.5 Å². The number of aromatic nitrogens is 6. The maximum absolute atomic E-state index is 13.2. The number of nitrogens with one attached hydrogen (secondary N) is 1. The Hall–Kier alpha value is -4.01. The van der Waals surface area contributed by atoms with Crippen LogP contribution in [0.1, 0.15) is 41.9 Å². The Bertz CT molecular complexity index is 1610. The number of rotatable bonds is 8. The van der Waals surface area contributed by atoms with Crippen molar-refractivity contribution < 1.29 is 28.2 Å². The number of halogens is 4. The van der Waals surface area contributed by atoms with Crippen LogP contribution in [0.25, 0.3) is 17.1 Å². The molecule has 42 heavy (non-hydrogen) atoms. The van der Waals surface area contributed by atoms with E-state index in [-0.39, 0.29) is 36.2 Å². The molecule has 0 aliphatic heterocycles. The van der Waals surface area contributed by atoms with Crippen LogP contribution < -0.4 is 11.0 Å². The van der Waals surface area contributed by atoms with Crippen LogP contribution in [0.15, 0.2) is 59.7 Å². The Labute approximate surface area is 242 Å². The van der Waals surface area contributed by atoms with Crippen LogP contribution in [0, 0.1) is 0 Å². The number of benzene rings is 2. The van der Waals surface area contributed by atoms with Crippen LogP contribution in [0.4, 0.5) is 13.2 Å². The number of aliphatic hydroxyl groups is 2. The number of alkyl halides is 3. The second-order valence-corrected chi connectivity index (χ2v) is 10.5. The molecule has 11 nitrogen and oxygen atoms in total. The maximum Gasteiger partial charge on any atom is 0.416 e. The van der Waals surface area contributed by atoms with E-state index in [1.807, 2.05) is 0 Å². The first-order valence-corrected chi connectivity index (χ1v) is 13.5. The molecule has 1 aliphatic rings. The van der Waals surface area contributed by atoms with E-state index in [2.05, 4.69) is 20.5 Å². The number of para-hydroxylation sites is 1. The van der Waals surface area contributed by atoms with Crippen LogP contribution >= 0.6 is 11.6 Å². The minimum Gasteiger partial charge on any atom is -0.393 e. The lowest BCUT2D eigenvalue weighted by molar-refractivity contribution is -0.207. The van der Waals surface area contributed by atoms with Gasteiger partial charge < -0.3 is 15.5 Å². The molecule has 0 radical (unpaired) electrons. The van der Waals surface area contributed by atoms with Crippen molar-refractivity contribution in [3.63, 3.8) is 0 Å². The Morgan fingerprint density at radius 1 is 1.07 bits per heavy atom. The lowest BCUT2D eigenvalue weighted by Gasteiger charge is -2.26. The molecular weight excluding hydrogens is 579 g/mol. The summed E-state index contributed by atoms with van der Waals surface area (Å²) in [4.78, 5) is 30.5. The zero-order valence-corrected chi connectivity index (χ0v) is 22.8. The van der Waals surface area contributed by atoms with Crippen LogP contribution in [0.5, 0.6) is 0 Å². The maximum atomic E-state index is 13.2. The molecule has 1 amide bonds. The molecule has 2 heterocycles. The van der Waals surface area contributed by atoms with Crippen molar-refractivity contribution in [2.24, 2.45) is 0 Å². The van der Waals surface area contributed by atoms with Crippen LogP contribution in [0.2, 0.25) is 5.02 Å². The van der Waals surface area contributed by atoms with Gasteiger partial charge in [0.1, 0.15) is 12.9 Å². The summed E-state index contributed by atoms with van der Waals surface area (Å²) in [5.74, 6) is -0.302. The van der Waals surface area contributed by atoms with Gasteiger partial charge in [0.05, 0.1) is 23.9 Å². The zero-order valence-electron chi connectivity index (χ0n) is 22.1. The SMILES string of the molecule is O=C(N[C@H]1CC[C@H](O)CC1)c1ccccc1-n1cnc(Cn2nc(-c3ccc(Cl)cc3)n(C[C@H](O)C(F)(F)F)c2=O)n1. The molecule has 222 valence electrons. The molecule has 1 saturated carbocycles. The fraction of sp³-hybridized carbons (Fsp3) is 0.370. The molecule has 15 heteroatoms. The number of hydrogen-bond acceptors (Lipinski definition) is 7. The highest BCUT2D eigenvalue weighted by molar-refractivity contribution is 6.30. The van der Waals surface area contributed by atoms with Gasteiger partial charge in [-0.05, 0) is 62.1 Å². The first-order valence-electron chi connectivity index (χ1n) is 13.2. The Kier molecular flexibility index (Phi) is 8.48. The standard InChI is InChI=1S/C27H27ClF3N7O4/c28-17-7-5-16(6-8-17)24-35-37(26(42)36(24)13-22(40)27(29,30)31)14-23-32-15-38(34-23)21-4-2-1-3-20(21)25(41)33-18-9-11-19(39)12-10-18/h1-8,15,18-19,22,39-40H,9-14H2,(H,33,41)/t18-,19-,22-/m0/s1. The molecule has 2 aromatic carbocycles. The van der Waals surface area contributed by atoms with Gasteiger partial charge in [0.25, 0.3) is 5.91 Å². The van der Waals surface area contributed by atoms with E-state index >= 15 is 0 Å². The highest BCUT2D eigenvalue weighted by atomic mass is 35.5. The molecule has 0 unspecified atom stereocenters. The minimum atomic E-state index is -4.95. The Morgan fingerprint density at radius 2 is 1.76 bits per heavy atom. The van der Waals surface area contributed by atoms with E-state index in [4.69, 9.17) is 11.6 Å². The van der Waals surface area contributed by atoms with Crippen molar-refractivity contribution in [1.82, 2.24) is 34.4 Å². The fourth-order valence-electron chi connectivity index (χ4n) is 4.77. The third kappa shape index (κ3) is 6.55. The number of nitrogens with zero attached hydrogens (tertiary/aromatic N) is 6. The van der Waals surface area contributed by atoms with Gasteiger partial charge in [0.2, 0.25) is 0 Å². The summed E-state index contributed by atoms with van der Waals surface area (Å²) in [5, 5.41) is 31.4. The van der Waals surface area contributed by atoms with Crippen molar-refractivity contribution in [2.45, 2.75) is 63.2 Å². The summed E-state index contributed by atoms with van der Waals surface area (Å²) in [6, 6.07) is 12.7. The monoisotopic (exact) mass is 605 g/mol. The Balaban J connectivity index is 1.41. The van der Waals surface area contributed by atoms with Gasteiger partial charge in [-0.1, -0.05) is 23.7 Å². The molecule has 5 rings (SSSR count). The average Bonchev–Trinajstić information content (AvgIpc) is 3.55. The van der Waals surface area contributed by atoms with Gasteiger partial charge in [-0.25, -0.2) is 19.1 Å². The number of aliphatic hydroxyl groups excluding tert-OH is 2. The van der Waals surface area contributed by atoms with Crippen LogP contribution in [-0.4, -0.2) is 69.7 Å². The van der Waals surface area contributed by atoms with E-state index in [0.29, 0.717) is 47.5 Å². The molecule has 1 aliphatic carbocycles. The molecule has 0 spiro atoms. The van der Waals surface area contributed by atoms with Gasteiger partial charge in [-0.15, -0.1) is 10.2 Å². The summed E-state index contributed by atoms with van der Waals surface area (Å²) in [6.45, 7) is -1.36. The summed E-state index contributed by atoms with van der Waals surface area (Å²) in [7, 11) is 0. The number of amides is 1. The zero-order chi connectivity index (χ0) is 30.0. The van der Waals surface area contributed by atoms with E-state index in [1.54, 1.807) is 24.3 Å². The molecule has 2 aromatic heterocycles. The summed E-state index contributed by atoms with van der Waals surface area (Å²) < 4.78 is 42.4.